The Kier molecular flexibility index (Phi) is 3.92. The number of benzene rings is 1. The van der Waals surface area contributed by atoms with E-state index in [9.17, 15) is 0 Å². The number of H-pyrrole nitrogens is 1. The van der Waals surface area contributed by atoms with Crippen LogP contribution in [0.2, 0.25) is 0 Å². The van der Waals surface area contributed by atoms with Gasteiger partial charge in [-0.2, -0.15) is 5.10 Å². The topological polar surface area (TPSA) is 98.9 Å². The van der Waals surface area contributed by atoms with Gasteiger partial charge in [-0.15, -0.1) is 11.3 Å². The zero-order valence-electron chi connectivity index (χ0n) is 12.2. The molecule has 0 saturated heterocycles. The molecule has 0 aliphatic heterocycles. The number of ether oxygens (including phenoxy) is 2. The number of methoxy groups -OCH3 is 2. The van der Waals surface area contributed by atoms with Gasteiger partial charge in [0.15, 0.2) is 22.5 Å². The minimum absolute atomic E-state index is 0.551. The molecule has 0 amide bonds. The van der Waals surface area contributed by atoms with Gasteiger partial charge < -0.3 is 15.2 Å². The van der Waals surface area contributed by atoms with E-state index in [2.05, 4.69) is 20.2 Å². The lowest BCUT2D eigenvalue weighted by molar-refractivity contribution is 0.355. The molecule has 22 heavy (non-hydrogen) atoms. The summed E-state index contributed by atoms with van der Waals surface area (Å²) in [6.45, 7) is 0. The first-order valence-corrected chi connectivity index (χ1v) is 7.41. The Morgan fingerprint density at radius 3 is 2.68 bits per heavy atom. The largest absolute Gasteiger partial charge is 0.493 e. The van der Waals surface area contributed by atoms with Crippen molar-refractivity contribution in [1.29, 1.82) is 0 Å². The van der Waals surface area contributed by atoms with Gasteiger partial charge in [0.1, 0.15) is 5.82 Å². The van der Waals surface area contributed by atoms with Crippen LogP contribution in [0, 0.1) is 0 Å². The van der Waals surface area contributed by atoms with Crippen molar-refractivity contribution in [3.05, 3.63) is 35.1 Å². The van der Waals surface area contributed by atoms with E-state index in [1.807, 2.05) is 23.6 Å². The minimum atomic E-state index is 0.551. The molecule has 0 unspecified atom stereocenters. The SMILES string of the molecule is COc1ccc(-c2n[nH]c(Cc3csc(N)n3)n2)cc1OC. The number of hydrogen-bond donors (Lipinski definition) is 2. The summed E-state index contributed by atoms with van der Waals surface area (Å²) in [4.78, 5) is 8.69. The highest BCUT2D eigenvalue weighted by Gasteiger charge is 2.11. The van der Waals surface area contributed by atoms with Crippen LogP contribution < -0.4 is 15.2 Å². The molecule has 0 spiro atoms. The van der Waals surface area contributed by atoms with Crippen LogP contribution in [-0.2, 0) is 6.42 Å². The standard InChI is InChI=1S/C14H15N5O2S/c1-20-10-4-3-8(5-11(10)21-2)13-17-12(18-19-13)6-9-7-22-14(15)16-9/h3-5,7H,6H2,1-2H3,(H2,15,16)(H,17,18,19). The quantitative estimate of drug-likeness (QED) is 0.748. The van der Waals surface area contributed by atoms with Crippen LogP contribution in [-0.4, -0.2) is 34.4 Å². The van der Waals surface area contributed by atoms with Crippen LogP contribution >= 0.6 is 11.3 Å². The molecule has 2 aromatic heterocycles. The molecule has 1 aromatic carbocycles. The number of hydrogen-bond acceptors (Lipinski definition) is 7. The van der Waals surface area contributed by atoms with E-state index in [1.54, 1.807) is 14.2 Å². The predicted octanol–water partition coefficient (Wildman–Crippen LogP) is 2.12. The number of rotatable bonds is 5. The monoisotopic (exact) mass is 317 g/mol. The van der Waals surface area contributed by atoms with Crippen molar-refractivity contribution < 1.29 is 9.47 Å². The van der Waals surface area contributed by atoms with E-state index in [4.69, 9.17) is 15.2 Å². The van der Waals surface area contributed by atoms with Crippen molar-refractivity contribution in [1.82, 2.24) is 20.2 Å². The molecule has 0 bridgehead atoms. The van der Waals surface area contributed by atoms with Crippen LogP contribution in [0.25, 0.3) is 11.4 Å². The number of nitrogens with zero attached hydrogens (tertiary/aromatic N) is 3. The first kappa shape index (κ1) is 14.3. The van der Waals surface area contributed by atoms with Gasteiger partial charge >= 0.3 is 0 Å². The van der Waals surface area contributed by atoms with E-state index in [0.717, 1.165) is 17.1 Å². The fraction of sp³-hybridized carbons (Fsp3) is 0.214. The Balaban J connectivity index is 1.84. The summed E-state index contributed by atoms with van der Waals surface area (Å²) in [5.74, 6) is 2.63. The predicted molar refractivity (Wildman–Crippen MR) is 84.3 cm³/mol. The maximum Gasteiger partial charge on any atom is 0.181 e. The van der Waals surface area contributed by atoms with E-state index in [0.29, 0.717) is 28.9 Å². The summed E-state index contributed by atoms with van der Waals surface area (Å²) in [5.41, 5.74) is 7.34. The van der Waals surface area contributed by atoms with Crippen LogP contribution in [0.4, 0.5) is 5.13 Å². The average molecular weight is 317 g/mol. The third kappa shape index (κ3) is 2.86. The summed E-state index contributed by atoms with van der Waals surface area (Å²) < 4.78 is 10.5. The number of nitrogens with two attached hydrogens (primary N) is 1. The molecule has 7 nitrogen and oxygen atoms in total. The number of nitrogen functional groups attached to an aromatic ring is 1. The number of anilines is 1. The number of aromatic nitrogens is 4. The van der Waals surface area contributed by atoms with E-state index < -0.39 is 0 Å². The third-order valence-corrected chi connectivity index (χ3v) is 3.81. The summed E-state index contributed by atoms with van der Waals surface area (Å²) in [5, 5.41) is 9.61. The van der Waals surface area contributed by atoms with E-state index in [1.165, 1.54) is 11.3 Å². The molecular formula is C14H15N5O2S. The molecule has 3 N–H and O–H groups in total. The highest BCUT2D eigenvalue weighted by atomic mass is 32.1. The molecule has 3 rings (SSSR count). The van der Waals surface area contributed by atoms with Crippen molar-refractivity contribution >= 4 is 16.5 Å². The van der Waals surface area contributed by atoms with Gasteiger partial charge in [0.05, 0.1) is 26.3 Å². The molecule has 2 heterocycles. The molecule has 0 aliphatic carbocycles. The lowest BCUT2D eigenvalue weighted by Gasteiger charge is -2.07. The van der Waals surface area contributed by atoms with Crippen molar-refractivity contribution in [3.63, 3.8) is 0 Å². The van der Waals surface area contributed by atoms with Crippen molar-refractivity contribution in [2.24, 2.45) is 0 Å². The number of aromatic amines is 1. The normalized spacial score (nSPS) is 10.6. The Hall–Kier alpha value is -2.61. The number of nitrogens with one attached hydrogen (secondary N) is 1. The second-order valence-corrected chi connectivity index (χ2v) is 5.42. The maximum atomic E-state index is 5.62. The summed E-state index contributed by atoms with van der Waals surface area (Å²) in [6.07, 6.45) is 0.563. The Bertz CT molecular complexity index is 783. The summed E-state index contributed by atoms with van der Waals surface area (Å²) in [7, 11) is 3.19. The van der Waals surface area contributed by atoms with Crippen LogP contribution in [0.1, 0.15) is 11.5 Å². The zero-order valence-corrected chi connectivity index (χ0v) is 13.0. The van der Waals surface area contributed by atoms with Crippen LogP contribution in [0.5, 0.6) is 11.5 Å². The van der Waals surface area contributed by atoms with Gasteiger partial charge in [-0.1, -0.05) is 0 Å². The molecular weight excluding hydrogens is 302 g/mol. The highest BCUT2D eigenvalue weighted by molar-refractivity contribution is 7.13. The molecule has 114 valence electrons. The molecule has 0 aliphatic rings. The Morgan fingerprint density at radius 1 is 1.18 bits per heavy atom. The zero-order chi connectivity index (χ0) is 15.5. The minimum Gasteiger partial charge on any atom is -0.493 e. The fourth-order valence-corrected chi connectivity index (χ4v) is 2.62. The first-order chi connectivity index (χ1) is 10.7. The highest BCUT2D eigenvalue weighted by Crippen LogP contribution is 2.31. The van der Waals surface area contributed by atoms with Crippen LogP contribution in [0.3, 0.4) is 0 Å². The first-order valence-electron chi connectivity index (χ1n) is 6.53. The van der Waals surface area contributed by atoms with Crippen molar-refractivity contribution in [2.75, 3.05) is 20.0 Å². The lowest BCUT2D eigenvalue weighted by atomic mass is 10.2. The molecule has 0 radical (unpaired) electrons. The van der Waals surface area contributed by atoms with E-state index in [-0.39, 0.29) is 0 Å². The molecule has 0 fully saturated rings. The van der Waals surface area contributed by atoms with Gasteiger partial charge in [0, 0.05) is 10.9 Å². The van der Waals surface area contributed by atoms with Crippen molar-refractivity contribution in [2.45, 2.75) is 6.42 Å². The summed E-state index contributed by atoms with van der Waals surface area (Å²) >= 11 is 1.41. The molecule has 8 heteroatoms. The Labute approximate surface area is 131 Å². The summed E-state index contributed by atoms with van der Waals surface area (Å²) in [6, 6.07) is 5.55. The van der Waals surface area contributed by atoms with Gasteiger partial charge in [-0.05, 0) is 18.2 Å². The van der Waals surface area contributed by atoms with Gasteiger partial charge in [-0.25, -0.2) is 9.97 Å². The number of thiazole rings is 1. The third-order valence-electron chi connectivity index (χ3n) is 3.09. The molecule has 0 saturated carbocycles. The second-order valence-electron chi connectivity index (χ2n) is 4.53. The van der Waals surface area contributed by atoms with E-state index >= 15 is 0 Å². The second kappa shape index (κ2) is 6.02. The average Bonchev–Trinajstić information content (AvgIpc) is 3.16. The molecule has 0 atom stereocenters. The smallest absolute Gasteiger partial charge is 0.181 e. The van der Waals surface area contributed by atoms with Crippen molar-refractivity contribution in [3.8, 4) is 22.9 Å². The lowest BCUT2D eigenvalue weighted by Crippen LogP contribution is -1.93. The van der Waals surface area contributed by atoms with Gasteiger partial charge in [-0.3, -0.25) is 5.10 Å². The maximum absolute atomic E-state index is 5.62. The van der Waals surface area contributed by atoms with Crippen LogP contribution in [0.15, 0.2) is 23.6 Å². The van der Waals surface area contributed by atoms with Gasteiger partial charge in [0.25, 0.3) is 0 Å². The molecule has 3 aromatic rings. The van der Waals surface area contributed by atoms with Gasteiger partial charge in [0.2, 0.25) is 0 Å². The fourth-order valence-electron chi connectivity index (χ4n) is 2.05. The Morgan fingerprint density at radius 2 is 2.00 bits per heavy atom.